The predicted octanol–water partition coefficient (Wildman–Crippen LogP) is 3.01. The highest BCUT2D eigenvalue weighted by Gasteiger charge is 2.31. The summed E-state index contributed by atoms with van der Waals surface area (Å²) in [7, 11) is 0. The van der Waals surface area contributed by atoms with Gasteiger partial charge in [0.15, 0.2) is 6.23 Å². The van der Waals surface area contributed by atoms with Crippen molar-refractivity contribution in [1.29, 1.82) is 0 Å². The van der Waals surface area contributed by atoms with Crippen molar-refractivity contribution in [3.63, 3.8) is 0 Å². The van der Waals surface area contributed by atoms with Crippen molar-refractivity contribution in [2.24, 2.45) is 5.73 Å². The van der Waals surface area contributed by atoms with E-state index in [4.69, 9.17) is 50.7 Å². The smallest absolute Gasteiger partial charge is 0.246 e. The van der Waals surface area contributed by atoms with E-state index in [1.807, 2.05) is 60.7 Å². The fourth-order valence-corrected chi connectivity index (χ4v) is 1.91. The number of nitrogens with one attached hydrogen (secondary N) is 1. The lowest BCUT2D eigenvalue weighted by Crippen LogP contribution is -2.42. The minimum atomic E-state index is -1.95. The van der Waals surface area contributed by atoms with Crippen LogP contribution < -0.4 is 11.1 Å². The Morgan fingerprint density at radius 3 is 1.59 bits per heavy atom. The van der Waals surface area contributed by atoms with Crippen molar-refractivity contribution in [3.8, 4) is 0 Å². The second-order valence-electron chi connectivity index (χ2n) is 5.98. The first-order valence-corrected chi connectivity index (χ1v) is 10.2. The van der Waals surface area contributed by atoms with Crippen molar-refractivity contribution in [3.05, 3.63) is 83.9 Å². The van der Waals surface area contributed by atoms with E-state index in [2.05, 4.69) is 5.32 Å². The lowest BCUT2D eigenvalue weighted by atomic mass is 10.2. The number of carbonyl (C=O) groups excluding carboxylic acids is 2. The Morgan fingerprint density at radius 1 is 0.875 bits per heavy atom. The zero-order valence-electron chi connectivity index (χ0n) is 17.1. The van der Waals surface area contributed by atoms with Crippen molar-refractivity contribution in [2.45, 2.75) is 23.2 Å². The normalized spacial score (nSPS) is 11.9. The highest BCUT2D eigenvalue weighted by atomic mass is 35.6. The van der Waals surface area contributed by atoms with Crippen molar-refractivity contribution >= 4 is 58.8 Å². The van der Waals surface area contributed by atoms with Crippen molar-refractivity contribution < 1.29 is 24.9 Å². The highest BCUT2D eigenvalue weighted by molar-refractivity contribution is 6.68. The maximum Gasteiger partial charge on any atom is 0.246 e. The maximum atomic E-state index is 11.3. The minimum Gasteiger partial charge on any atom is -0.369 e. The van der Waals surface area contributed by atoms with Gasteiger partial charge in [-0.05, 0) is 30.2 Å². The molecule has 0 aromatic heterocycles. The van der Waals surface area contributed by atoms with Gasteiger partial charge >= 0.3 is 0 Å². The van der Waals surface area contributed by atoms with Crippen LogP contribution in [0.4, 0.5) is 0 Å². The molecular weight excluding hydrogens is 479 g/mol. The number of primary amides is 1. The van der Waals surface area contributed by atoms with Crippen LogP contribution in [0.3, 0.4) is 0 Å². The standard InChI is InChI=1S/C11H10Cl3NO2.C9H9NO.C2H6O2/c12-11(13,14)10(17)15-9(16)7-6-8-4-2-1-3-5-8;10-9(11)7-6-8-4-2-1-3-5-8;1-2(3)4/h1-7,10,17H,(H,15,16);1-7H,(H2,10,11);2-4H,1H3/b2*7-6+;. The summed E-state index contributed by atoms with van der Waals surface area (Å²) in [4.78, 5) is 21.6. The zero-order chi connectivity index (χ0) is 24.6. The number of aliphatic hydroxyl groups excluding tert-OH is 2. The van der Waals surface area contributed by atoms with Crippen LogP contribution in [0.15, 0.2) is 72.8 Å². The van der Waals surface area contributed by atoms with E-state index >= 15 is 0 Å². The van der Waals surface area contributed by atoms with Gasteiger partial charge in [-0.2, -0.15) is 0 Å². The molecule has 0 saturated heterocycles. The first kappa shape index (κ1) is 29.6. The van der Waals surface area contributed by atoms with E-state index in [-0.39, 0.29) is 0 Å². The zero-order valence-corrected chi connectivity index (χ0v) is 19.4. The molecule has 2 aromatic rings. The third kappa shape index (κ3) is 17.3. The molecule has 0 saturated carbocycles. The summed E-state index contributed by atoms with van der Waals surface area (Å²) in [5.41, 5.74) is 6.75. The fraction of sp³-hybridized carbons (Fsp3) is 0.182. The Labute approximate surface area is 201 Å². The molecule has 6 N–H and O–H groups in total. The lowest BCUT2D eigenvalue weighted by molar-refractivity contribution is -0.119. The second-order valence-corrected chi connectivity index (χ2v) is 8.34. The average molecular weight is 504 g/mol. The SMILES string of the molecule is CC(O)O.NC(=O)/C=C/c1ccccc1.O=C(/C=C/c1ccccc1)NC(O)C(Cl)(Cl)Cl. The number of aliphatic hydroxyl groups is 3. The van der Waals surface area contributed by atoms with Crippen LogP contribution in [-0.4, -0.2) is 43.4 Å². The van der Waals surface area contributed by atoms with Gasteiger partial charge in [-0.15, -0.1) is 0 Å². The third-order valence-corrected chi connectivity index (χ3v) is 3.68. The van der Waals surface area contributed by atoms with E-state index in [1.165, 1.54) is 19.1 Å². The molecule has 7 nitrogen and oxygen atoms in total. The fourth-order valence-electron chi connectivity index (χ4n) is 1.74. The Kier molecular flexibility index (Phi) is 15.1. The van der Waals surface area contributed by atoms with Crippen LogP contribution >= 0.6 is 34.8 Å². The van der Waals surface area contributed by atoms with Crippen LogP contribution in [0.2, 0.25) is 0 Å². The number of halogens is 3. The molecule has 10 heteroatoms. The average Bonchev–Trinajstić information content (AvgIpc) is 2.72. The topological polar surface area (TPSA) is 133 Å². The number of alkyl halides is 3. The van der Waals surface area contributed by atoms with E-state index in [0.29, 0.717) is 0 Å². The highest BCUT2D eigenvalue weighted by Crippen LogP contribution is 2.28. The van der Waals surface area contributed by atoms with E-state index in [9.17, 15) is 14.7 Å². The molecule has 2 amide bonds. The molecule has 0 spiro atoms. The van der Waals surface area contributed by atoms with E-state index < -0.39 is 28.1 Å². The number of benzene rings is 2. The first-order chi connectivity index (χ1) is 14.9. The van der Waals surface area contributed by atoms with Gasteiger partial charge in [-0.3, -0.25) is 9.59 Å². The molecule has 0 radical (unpaired) electrons. The molecule has 0 aliphatic heterocycles. The Balaban J connectivity index is 0.000000547. The number of rotatable bonds is 5. The molecule has 174 valence electrons. The van der Waals surface area contributed by atoms with Gasteiger partial charge < -0.3 is 26.4 Å². The molecule has 2 aromatic carbocycles. The van der Waals surface area contributed by atoms with Gasteiger partial charge in [0, 0.05) is 12.2 Å². The monoisotopic (exact) mass is 502 g/mol. The summed E-state index contributed by atoms with van der Waals surface area (Å²) >= 11 is 16.2. The summed E-state index contributed by atoms with van der Waals surface area (Å²) in [5.74, 6) is -0.971. The molecule has 1 atom stereocenters. The maximum absolute atomic E-state index is 11.3. The van der Waals surface area contributed by atoms with Crippen LogP contribution in [0.5, 0.6) is 0 Å². The van der Waals surface area contributed by atoms with Crippen LogP contribution in [-0.2, 0) is 9.59 Å². The van der Waals surface area contributed by atoms with E-state index in [0.717, 1.165) is 11.1 Å². The number of amides is 2. The quantitative estimate of drug-likeness (QED) is 0.243. The minimum absolute atomic E-state index is 0.422. The molecule has 0 aliphatic rings. The Morgan fingerprint density at radius 2 is 1.25 bits per heavy atom. The Hall–Kier alpha value is -2.39. The van der Waals surface area contributed by atoms with Crippen LogP contribution in [0.25, 0.3) is 12.2 Å². The summed E-state index contributed by atoms with van der Waals surface area (Å²) < 4.78 is -1.95. The molecule has 2 rings (SSSR count). The second kappa shape index (κ2) is 16.3. The Bertz CT molecular complexity index is 852. The largest absolute Gasteiger partial charge is 0.369 e. The van der Waals surface area contributed by atoms with Crippen molar-refractivity contribution in [2.75, 3.05) is 0 Å². The van der Waals surface area contributed by atoms with E-state index in [1.54, 1.807) is 12.2 Å². The molecule has 0 fully saturated rings. The number of hydrogen-bond donors (Lipinski definition) is 5. The molecule has 0 aliphatic carbocycles. The summed E-state index contributed by atoms with van der Waals surface area (Å²) in [6.07, 6.45) is 3.13. The molecule has 32 heavy (non-hydrogen) atoms. The van der Waals surface area contributed by atoms with Gasteiger partial charge in [0.25, 0.3) is 0 Å². The number of carbonyl (C=O) groups is 2. The van der Waals surface area contributed by atoms with Gasteiger partial charge in [0.05, 0.1) is 0 Å². The van der Waals surface area contributed by atoms with Crippen LogP contribution in [0.1, 0.15) is 18.1 Å². The molecular formula is C22H25Cl3N2O5. The summed E-state index contributed by atoms with van der Waals surface area (Å²) in [5, 5.41) is 26.6. The number of hydrogen-bond acceptors (Lipinski definition) is 5. The predicted molar refractivity (Wildman–Crippen MR) is 128 cm³/mol. The third-order valence-electron chi connectivity index (χ3n) is 3.06. The number of nitrogens with two attached hydrogens (primary N) is 1. The summed E-state index contributed by atoms with van der Waals surface area (Å²) in [6, 6.07) is 18.7. The first-order valence-electron chi connectivity index (χ1n) is 9.09. The lowest BCUT2D eigenvalue weighted by Gasteiger charge is -2.18. The van der Waals surface area contributed by atoms with Crippen LogP contribution in [0, 0.1) is 0 Å². The molecule has 0 bridgehead atoms. The summed E-state index contributed by atoms with van der Waals surface area (Å²) in [6.45, 7) is 1.28. The molecule has 0 heterocycles. The molecule has 1 unspecified atom stereocenters. The van der Waals surface area contributed by atoms with Gasteiger partial charge in [-0.25, -0.2) is 0 Å². The van der Waals surface area contributed by atoms with Gasteiger partial charge in [-0.1, -0.05) is 95.5 Å². The van der Waals surface area contributed by atoms with Gasteiger partial charge in [0.1, 0.15) is 6.29 Å². The van der Waals surface area contributed by atoms with Gasteiger partial charge in [0.2, 0.25) is 15.6 Å². The van der Waals surface area contributed by atoms with Crippen molar-refractivity contribution in [1.82, 2.24) is 5.32 Å².